The molecule has 242 valence electrons. The van der Waals surface area contributed by atoms with Gasteiger partial charge in [-0.3, -0.25) is 25.0 Å². The molecule has 0 aliphatic heterocycles. The Hall–Kier alpha value is -4.45. The van der Waals surface area contributed by atoms with Gasteiger partial charge in [-0.25, -0.2) is 9.59 Å². The fourth-order valence-electron chi connectivity index (χ4n) is 9.29. The third-order valence-corrected chi connectivity index (χ3v) is 11.6. The molecule has 1 spiro atoms. The van der Waals surface area contributed by atoms with Crippen molar-refractivity contribution in [2.75, 3.05) is 13.2 Å². The molecule has 12 nitrogen and oxygen atoms in total. The van der Waals surface area contributed by atoms with E-state index in [2.05, 4.69) is 6.58 Å². The van der Waals surface area contributed by atoms with Crippen LogP contribution in [0, 0.1) is 54.2 Å². The molecule has 2 bridgehead atoms. The van der Waals surface area contributed by atoms with Crippen molar-refractivity contribution in [2.45, 2.75) is 58.0 Å². The number of nitro benzene ring substituents is 2. The molecule has 7 atom stereocenters. The summed E-state index contributed by atoms with van der Waals surface area (Å²) in [5.74, 6) is -1.98. The highest BCUT2D eigenvalue weighted by atomic mass is 16.6. The molecule has 1 N–H and O–H groups in total. The number of carbonyl (C=O) groups excluding carboxylic acids is 3. The standard InChI is InChI=1S/C34H36N2O10/c1-20-23-12-15-34(29(20)38)27(16-23)33(19-46-31(40)22-6-10-25(11-7-22)36(43)44)14-3-13-32(2,26(33)17-28(34)37)18-45-30(39)21-4-8-24(9-5-21)35(41)42/h4-11,23,26-28,37H,1,3,12-19H2,2H3/t23?,26?,27?,28-,32+,33?,34-/m1/s1. The summed E-state index contributed by atoms with van der Waals surface area (Å²) < 4.78 is 11.8. The Morgan fingerprint density at radius 1 is 0.870 bits per heavy atom. The van der Waals surface area contributed by atoms with E-state index in [1.54, 1.807) is 0 Å². The van der Waals surface area contributed by atoms with Gasteiger partial charge >= 0.3 is 11.9 Å². The van der Waals surface area contributed by atoms with E-state index >= 15 is 0 Å². The molecule has 12 heteroatoms. The quantitative estimate of drug-likeness (QED) is 0.166. The smallest absolute Gasteiger partial charge is 0.338 e. The van der Waals surface area contributed by atoms with Crippen molar-refractivity contribution in [1.29, 1.82) is 0 Å². The zero-order chi connectivity index (χ0) is 33.0. The molecule has 46 heavy (non-hydrogen) atoms. The Kier molecular flexibility index (Phi) is 7.82. The number of aliphatic hydroxyl groups is 1. The van der Waals surface area contributed by atoms with E-state index in [0.717, 1.165) is 6.42 Å². The molecule has 0 heterocycles. The minimum absolute atomic E-state index is 0.00204. The highest BCUT2D eigenvalue weighted by molar-refractivity contribution is 6.02. The lowest BCUT2D eigenvalue weighted by molar-refractivity contribution is -0.385. The number of nitro groups is 2. The van der Waals surface area contributed by atoms with Crippen molar-refractivity contribution < 1.29 is 38.8 Å². The molecule has 5 saturated carbocycles. The lowest BCUT2D eigenvalue weighted by Gasteiger charge is -2.68. The number of aliphatic hydroxyl groups excluding tert-OH is 1. The van der Waals surface area contributed by atoms with Crippen LogP contribution in [0.2, 0.25) is 0 Å². The molecule has 0 aromatic heterocycles. The van der Waals surface area contributed by atoms with Gasteiger partial charge in [0.2, 0.25) is 0 Å². The number of Topliss-reactive ketones (excluding diaryl/α,β-unsaturated/α-hetero) is 1. The van der Waals surface area contributed by atoms with E-state index in [-0.39, 0.29) is 65.7 Å². The second kappa shape index (κ2) is 11.4. The summed E-state index contributed by atoms with van der Waals surface area (Å²) in [5, 5.41) is 33.9. The molecule has 0 saturated heterocycles. The maximum absolute atomic E-state index is 13.9. The minimum atomic E-state index is -1.03. The van der Waals surface area contributed by atoms with Crippen LogP contribution in [0.4, 0.5) is 11.4 Å². The van der Waals surface area contributed by atoms with Gasteiger partial charge in [0.1, 0.15) is 0 Å². The van der Waals surface area contributed by atoms with Crippen LogP contribution in [-0.4, -0.2) is 52.0 Å². The fourth-order valence-corrected chi connectivity index (χ4v) is 9.29. The third kappa shape index (κ3) is 4.90. The molecule has 5 fully saturated rings. The molecule has 7 rings (SSSR count). The largest absolute Gasteiger partial charge is 0.462 e. The number of ether oxygens (including phenoxy) is 2. The van der Waals surface area contributed by atoms with Crippen molar-refractivity contribution in [1.82, 2.24) is 0 Å². The Balaban J connectivity index is 1.31. The number of hydrogen-bond acceptors (Lipinski definition) is 10. The first kappa shape index (κ1) is 31.5. The number of rotatable bonds is 8. The first-order valence-corrected chi connectivity index (χ1v) is 15.6. The highest BCUT2D eigenvalue weighted by Crippen LogP contribution is 2.71. The second-order valence-electron chi connectivity index (χ2n) is 13.7. The summed E-state index contributed by atoms with van der Waals surface area (Å²) >= 11 is 0. The average Bonchev–Trinajstić information content (AvgIpc) is 3.05. The molecule has 5 aliphatic carbocycles. The molecule has 4 unspecified atom stereocenters. The summed E-state index contributed by atoms with van der Waals surface area (Å²) in [6.07, 6.45) is 3.23. The molecule has 0 radical (unpaired) electrons. The predicted octanol–water partition coefficient (Wildman–Crippen LogP) is 5.62. The number of allylic oxidation sites excluding steroid dienone is 1. The molecule has 2 aromatic rings. The Bertz CT molecular complexity index is 1620. The number of carbonyl (C=O) groups is 3. The van der Waals surface area contributed by atoms with Crippen LogP contribution in [0.25, 0.3) is 0 Å². The second-order valence-corrected chi connectivity index (χ2v) is 13.7. The Labute approximate surface area is 265 Å². The van der Waals surface area contributed by atoms with Crippen LogP contribution >= 0.6 is 0 Å². The van der Waals surface area contributed by atoms with Crippen LogP contribution in [0.15, 0.2) is 60.7 Å². The van der Waals surface area contributed by atoms with Gasteiger partial charge in [-0.15, -0.1) is 0 Å². The summed E-state index contributed by atoms with van der Waals surface area (Å²) in [7, 11) is 0. The van der Waals surface area contributed by atoms with Gasteiger partial charge in [-0.2, -0.15) is 0 Å². The molecule has 5 aliphatic rings. The van der Waals surface area contributed by atoms with Gasteiger partial charge < -0.3 is 14.6 Å². The van der Waals surface area contributed by atoms with Crippen molar-refractivity contribution in [2.24, 2.45) is 34.0 Å². The number of esters is 2. The minimum Gasteiger partial charge on any atom is -0.462 e. The van der Waals surface area contributed by atoms with Crippen molar-refractivity contribution >= 4 is 29.1 Å². The van der Waals surface area contributed by atoms with Crippen LogP contribution in [-0.2, 0) is 14.3 Å². The monoisotopic (exact) mass is 632 g/mol. The lowest BCUT2D eigenvalue weighted by Crippen LogP contribution is -2.70. The van der Waals surface area contributed by atoms with E-state index in [1.165, 1.54) is 48.5 Å². The highest BCUT2D eigenvalue weighted by Gasteiger charge is 2.71. The number of non-ortho nitro benzene ring substituents is 2. The average molecular weight is 633 g/mol. The van der Waals surface area contributed by atoms with Gasteiger partial charge in [-0.05, 0) is 86.1 Å². The topological polar surface area (TPSA) is 176 Å². The summed E-state index contributed by atoms with van der Waals surface area (Å²) in [5.41, 5.74) is -1.80. The normalized spacial score (nSPS) is 33.0. The number of benzene rings is 2. The fraction of sp³-hybridized carbons (Fsp3) is 0.500. The van der Waals surface area contributed by atoms with Crippen LogP contribution in [0.5, 0.6) is 0 Å². The first-order chi connectivity index (χ1) is 21.8. The van der Waals surface area contributed by atoms with E-state index in [1.807, 2.05) is 6.92 Å². The van der Waals surface area contributed by atoms with Crippen LogP contribution in [0.1, 0.15) is 72.6 Å². The van der Waals surface area contributed by atoms with Gasteiger partial charge in [0.25, 0.3) is 11.4 Å². The maximum Gasteiger partial charge on any atom is 0.338 e. The number of fused-ring (bicyclic) bond motifs is 3. The predicted molar refractivity (Wildman–Crippen MR) is 163 cm³/mol. The molecule has 0 amide bonds. The third-order valence-electron chi connectivity index (χ3n) is 11.6. The SMILES string of the molecule is C=C1C(=O)[C@]23CCC1CC2C1(COC(=O)c2ccc([N+](=O)[O-])cc2)CCC[C@@](C)(COC(=O)c2ccc([N+](=O)[O-])cc2)C1C[C@H]3O. The summed E-state index contributed by atoms with van der Waals surface area (Å²) in [4.78, 5) is 61.3. The zero-order valence-electron chi connectivity index (χ0n) is 25.5. The van der Waals surface area contributed by atoms with E-state index in [0.29, 0.717) is 37.7 Å². The van der Waals surface area contributed by atoms with Crippen LogP contribution < -0.4 is 0 Å². The van der Waals surface area contributed by atoms with Crippen molar-refractivity contribution in [3.8, 4) is 0 Å². The summed E-state index contributed by atoms with van der Waals surface area (Å²) in [6.45, 7) is 6.07. The molecular formula is C34H36N2O10. The Morgan fingerprint density at radius 3 is 1.96 bits per heavy atom. The zero-order valence-corrected chi connectivity index (χ0v) is 25.5. The van der Waals surface area contributed by atoms with Gasteiger partial charge in [-0.1, -0.05) is 19.9 Å². The van der Waals surface area contributed by atoms with Gasteiger partial charge in [0.15, 0.2) is 5.78 Å². The van der Waals surface area contributed by atoms with E-state index in [4.69, 9.17) is 9.47 Å². The van der Waals surface area contributed by atoms with Crippen molar-refractivity contribution in [3.63, 3.8) is 0 Å². The number of ketones is 1. The van der Waals surface area contributed by atoms with E-state index in [9.17, 15) is 39.7 Å². The van der Waals surface area contributed by atoms with Crippen LogP contribution in [0.3, 0.4) is 0 Å². The van der Waals surface area contributed by atoms with Gasteiger partial charge in [0.05, 0.1) is 45.7 Å². The first-order valence-electron chi connectivity index (χ1n) is 15.6. The molecular weight excluding hydrogens is 596 g/mol. The maximum atomic E-state index is 13.9. The lowest BCUT2D eigenvalue weighted by atomic mass is 9.35. The van der Waals surface area contributed by atoms with Crippen molar-refractivity contribution in [3.05, 3.63) is 92.0 Å². The number of nitrogens with zero attached hydrogens (tertiary/aromatic N) is 2. The van der Waals surface area contributed by atoms with Gasteiger partial charge in [0, 0.05) is 35.1 Å². The Morgan fingerprint density at radius 2 is 1.41 bits per heavy atom. The van der Waals surface area contributed by atoms with E-state index < -0.39 is 44.1 Å². The number of hydrogen-bond donors (Lipinski definition) is 1. The molecule has 2 aromatic carbocycles. The summed E-state index contributed by atoms with van der Waals surface area (Å²) in [6, 6.07) is 10.3.